The maximum Gasteiger partial charge on any atom is 0.335 e. The summed E-state index contributed by atoms with van der Waals surface area (Å²) < 4.78 is 7.75. The lowest BCUT2D eigenvalue weighted by Crippen LogP contribution is -2.01. The first-order valence-corrected chi connectivity index (χ1v) is 7.62. The molecule has 0 aromatic heterocycles. The Hall–Kier alpha value is -0.830. The van der Waals surface area contributed by atoms with Gasteiger partial charge in [-0.2, -0.15) is 0 Å². The van der Waals surface area contributed by atoms with Crippen LogP contribution in [0.25, 0.3) is 0 Å². The quantitative estimate of drug-likeness (QED) is 0.669. The Labute approximate surface area is 138 Å². The summed E-state index contributed by atoms with van der Waals surface area (Å²) in [5, 5.41) is 8.96. The average Bonchev–Trinajstić information content (AvgIpc) is 2.39. The van der Waals surface area contributed by atoms with Crippen LogP contribution >= 0.6 is 45.2 Å². The molecule has 0 radical (unpaired) electrons. The number of hydrogen-bond donors (Lipinski definition) is 1. The SMILES string of the molecule is O=C(O)c1ccc(I)c(OCc2ccc(I)cc2)c1. The summed E-state index contributed by atoms with van der Waals surface area (Å²) in [6, 6.07) is 12.9. The van der Waals surface area contributed by atoms with Crippen molar-refractivity contribution in [1.82, 2.24) is 0 Å². The Morgan fingerprint density at radius 3 is 2.42 bits per heavy atom. The van der Waals surface area contributed by atoms with Gasteiger partial charge in [0.05, 0.1) is 9.13 Å². The van der Waals surface area contributed by atoms with Crippen LogP contribution in [0.4, 0.5) is 0 Å². The normalized spacial score (nSPS) is 10.2. The fourth-order valence-corrected chi connectivity index (χ4v) is 2.34. The Morgan fingerprint density at radius 2 is 1.79 bits per heavy atom. The van der Waals surface area contributed by atoms with E-state index in [-0.39, 0.29) is 5.56 Å². The van der Waals surface area contributed by atoms with E-state index in [1.807, 2.05) is 24.3 Å². The van der Waals surface area contributed by atoms with Gasteiger partial charge in [-0.25, -0.2) is 4.79 Å². The second-order valence-electron chi connectivity index (χ2n) is 3.87. The van der Waals surface area contributed by atoms with E-state index in [1.165, 1.54) is 3.57 Å². The molecule has 98 valence electrons. The van der Waals surface area contributed by atoms with Gasteiger partial charge in [-0.15, -0.1) is 0 Å². The van der Waals surface area contributed by atoms with Gasteiger partial charge < -0.3 is 9.84 Å². The van der Waals surface area contributed by atoms with Crippen LogP contribution in [0.3, 0.4) is 0 Å². The lowest BCUT2D eigenvalue weighted by Gasteiger charge is -2.09. The van der Waals surface area contributed by atoms with Crippen molar-refractivity contribution in [3.05, 3.63) is 60.7 Å². The highest BCUT2D eigenvalue weighted by Crippen LogP contribution is 2.23. The molecule has 0 aliphatic carbocycles. The minimum Gasteiger partial charge on any atom is -0.488 e. The number of hydrogen-bond acceptors (Lipinski definition) is 2. The standard InChI is InChI=1S/C14H10I2O3/c15-11-4-1-9(2-5-11)8-19-13-7-10(14(17)18)3-6-12(13)16/h1-7H,8H2,(H,17,18). The van der Waals surface area contributed by atoms with Crippen molar-refractivity contribution in [3.8, 4) is 5.75 Å². The second kappa shape index (κ2) is 6.56. The number of halogens is 2. The highest BCUT2D eigenvalue weighted by atomic mass is 127. The van der Waals surface area contributed by atoms with Gasteiger partial charge >= 0.3 is 5.97 Å². The molecule has 0 atom stereocenters. The maximum absolute atomic E-state index is 10.9. The lowest BCUT2D eigenvalue weighted by molar-refractivity contribution is 0.0696. The molecule has 1 N–H and O–H groups in total. The van der Waals surface area contributed by atoms with E-state index in [1.54, 1.807) is 18.2 Å². The van der Waals surface area contributed by atoms with E-state index in [2.05, 4.69) is 45.2 Å². The fourth-order valence-electron chi connectivity index (χ4n) is 1.49. The molecule has 0 bridgehead atoms. The zero-order valence-corrected chi connectivity index (χ0v) is 14.1. The van der Waals surface area contributed by atoms with E-state index >= 15 is 0 Å². The average molecular weight is 480 g/mol. The van der Waals surface area contributed by atoms with Crippen LogP contribution < -0.4 is 4.74 Å². The summed E-state index contributed by atoms with van der Waals surface area (Å²) >= 11 is 4.38. The Morgan fingerprint density at radius 1 is 1.11 bits per heavy atom. The van der Waals surface area contributed by atoms with Gasteiger partial charge in [-0.3, -0.25) is 0 Å². The van der Waals surface area contributed by atoms with Crippen molar-refractivity contribution < 1.29 is 14.6 Å². The number of aromatic carboxylic acids is 1. The molecular formula is C14H10I2O3. The van der Waals surface area contributed by atoms with Gasteiger partial charge in [0.1, 0.15) is 12.4 Å². The summed E-state index contributed by atoms with van der Waals surface area (Å²) in [5.41, 5.74) is 1.29. The van der Waals surface area contributed by atoms with Gasteiger partial charge in [0.15, 0.2) is 0 Å². The van der Waals surface area contributed by atoms with Crippen molar-refractivity contribution in [3.63, 3.8) is 0 Å². The van der Waals surface area contributed by atoms with Crippen LogP contribution in [0.2, 0.25) is 0 Å². The first kappa shape index (κ1) is 14.6. The molecule has 19 heavy (non-hydrogen) atoms. The summed E-state index contributed by atoms with van der Waals surface area (Å²) in [6.45, 7) is 0.427. The molecule has 0 spiro atoms. The van der Waals surface area contributed by atoms with E-state index in [9.17, 15) is 4.79 Å². The van der Waals surface area contributed by atoms with Gasteiger partial charge in [0.25, 0.3) is 0 Å². The molecule has 0 aliphatic rings. The summed E-state index contributed by atoms with van der Waals surface area (Å²) in [4.78, 5) is 10.9. The fraction of sp³-hybridized carbons (Fsp3) is 0.0714. The highest BCUT2D eigenvalue weighted by molar-refractivity contribution is 14.1. The summed E-state index contributed by atoms with van der Waals surface area (Å²) in [5.74, 6) is -0.352. The van der Waals surface area contributed by atoms with Crippen molar-refractivity contribution >= 4 is 51.2 Å². The first-order chi connectivity index (χ1) is 9.06. The lowest BCUT2D eigenvalue weighted by atomic mass is 10.2. The van der Waals surface area contributed by atoms with Crippen molar-refractivity contribution in [2.24, 2.45) is 0 Å². The van der Waals surface area contributed by atoms with Gasteiger partial charge in [0.2, 0.25) is 0 Å². The van der Waals surface area contributed by atoms with E-state index in [0.717, 1.165) is 9.13 Å². The minimum atomic E-state index is -0.949. The third kappa shape index (κ3) is 4.07. The molecule has 2 aromatic carbocycles. The van der Waals surface area contributed by atoms with Gasteiger partial charge in [-0.1, -0.05) is 12.1 Å². The molecule has 2 aromatic rings. The first-order valence-electron chi connectivity index (χ1n) is 5.46. The number of benzene rings is 2. The molecule has 2 rings (SSSR count). The van der Waals surface area contributed by atoms with Gasteiger partial charge in [0, 0.05) is 3.57 Å². The number of carboxylic acids is 1. The molecular weight excluding hydrogens is 470 g/mol. The van der Waals surface area contributed by atoms with Crippen LogP contribution in [-0.4, -0.2) is 11.1 Å². The van der Waals surface area contributed by atoms with Crippen LogP contribution in [0.5, 0.6) is 5.75 Å². The summed E-state index contributed by atoms with van der Waals surface area (Å²) in [6.07, 6.45) is 0. The molecule has 5 heteroatoms. The smallest absolute Gasteiger partial charge is 0.335 e. The largest absolute Gasteiger partial charge is 0.488 e. The monoisotopic (exact) mass is 480 g/mol. The number of carbonyl (C=O) groups is 1. The Balaban J connectivity index is 2.12. The minimum absolute atomic E-state index is 0.234. The topological polar surface area (TPSA) is 46.5 Å². The maximum atomic E-state index is 10.9. The van der Waals surface area contributed by atoms with Crippen LogP contribution in [0.1, 0.15) is 15.9 Å². The van der Waals surface area contributed by atoms with E-state index < -0.39 is 5.97 Å². The van der Waals surface area contributed by atoms with Crippen molar-refractivity contribution in [1.29, 1.82) is 0 Å². The molecule has 0 aliphatic heterocycles. The zero-order valence-electron chi connectivity index (χ0n) is 9.77. The second-order valence-corrected chi connectivity index (χ2v) is 6.27. The van der Waals surface area contributed by atoms with Crippen LogP contribution in [-0.2, 0) is 6.61 Å². The highest BCUT2D eigenvalue weighted by Gasteiger charge is 2.08. The molecule has 0 saturated heterocycles. The predicted octanol–water partition coefficient (Wildman–Crippen LogP) is 4.17. The van der Waals surface area contributed by atoms with Crippen LogP contribution in [0.15, 0.2) is 42.5 Å². The number of rotatable bonds is 4. The number of ether oxygens (including phenoxy) is 1. The molecule has 3 nitrogen and oxygen atoms in total. The van der Waals surface area contributed by atoms with E-state index in [4.69, 9.17) is 9.84 Å². The molecule has 0 fully saturated rings. The van der Waals surface area contributed by atoms with Crippen molar-refractivity contribution in [2.45, 2.75) is 6.61 Å². The van der Waals surface area contributed by atoms with Gasteiger partial charge in [-0.05, 0) is 81.1 Å². The van der Waals surface area contributed by atoms with Crippen molar-refractivity contribution in [2.75, 3.05) is 0 Å². The third-order valence-electron chi connectivity index (χ3n) is 2.49. The Bertz CT molecular complexity index is 594. The molecule has 0 unspecified atom stereocenters. The zero-order chi connectivity index (χ0) is 13.8. The van der Waals surface area contributed by atoms with Crippen LogP contribution in [0, 0.1) is 7.14 Å². The molecule has 0 amide bonds. The molecule has 0 saturated carbocycles. The summed E-state index contributed by atoms with van der Waals surface area (Å²) in [7, 11) is 0. The third-order valence-corrected chi connectivity index (χ3v) is 4.10. The number of carboxylic acid groups (broad SMARTS) is 1. The molecule has 0 heterocycles. The predicted molar refractivity (Wildman–Crippen MR) is 89.6 cm³/mol. The van der Waals surface area contributed by atoms with E-state index in [0.29, 0.717) is 12.4 Å². The Kier molecular flexibility index (Phi) is 5.03.